The van der Waals surface area contributed by atoms with Crippen LogP contribution in [0.4, 0.5) is 0 Å². The van der Waals surface area contributed by atoms with Gasteiger partial charge in [-0.1, -0.05) is 30.0 Å². The van der Waals surface area contributed by atoms with Gasteiger partial charge >= 0.3 is 0 Å². The largest absolute Gasteiger partial charge is 0.391 e. The third-order valence-corrected chi connectivity index (χ3v) is 6.06. The molecule has 0 unspecified atom stereocenters. The van der Waals surface area contributed by atoms with Crippen molar-refractivity contribution in [2.24, 2.45) is 4.99 Å². The SMILES string of the molecule is Cc1cccc2cc(C3=C(CO)SC4=NCCN43)sc12. The van der Waals surface area contributed by atoms with Gasteiger partial charge in [0.2, 0.25) is 0 Å². The van der Waals surface area contributed by atoms with Crippen molar-refractivity contribution >= 4 is 44.0 Å². The van der Waals surface area contributed by atoms with Crippen LogP contribution in [0.5, 0.6) is 0 Å². The van der Waals surface area contributed by atoms with Gasteiger partial charge in [-0.15, -0.1) is 11.3 Å². The lowest BCUT2D eigenvalue weighted by Gasteiger charge is -2.15. The van der Waals surface area contributed by atoms with Gasteiger partial charge in [-0.25, -0.2) is 0 Å². The number of hydrogen-bond acceptors (Lipinski definition) is 5. The Morgan fingerprint density at radius 1 is 1.40 bits per heavy atom. The highest BCUT2D eigenvalue weighted by molar-refractivity contribution is 8.17. The van der Waals surface area contributed by atoms with Crippen molar-refractivity contribution in [2.45, 2.75) is 6.92 Å². The minimum absolute atomic E-state index is 0.0861. The predicted octanol–water partition coefficient (Wildman–Crippen LogP) is 3.29. The molecule has 0 amide bonds. The molecule has 1 aromatic carbocycles. The lowest BCUT2D eigenvalue weighted by molar-refractivity contribution is 0.339. The number of rotatable bonds is 2. The Morgan fingerprint density at radius 3 is 3.10 bits per heavy atom. The molecule has 0 radical (unpaired) electrons. The summed E-state index contributed by atoms with van der Waals surface area (Å²) in [6.45, 7) is 4.02. The number of fused-ring (bicyclic) bond motifs is 2. The van der Waals surface area contributed by atoms with Crippen LogP contribution in [0.3, 0.4) is 0 Å². The Bertz CT molecular complexity index is 760. The van der Waals surface area contributed by atoms with Crippen LogP contribution in [0.15, 0.2) is 34.2 Å². The van der Waals surface area contributed by atoms with E-state index in [-0.39, 0.29) is 6.61 Å². The van der Waals surface area contributed by atoms with E-state index in [2.05, 4.69) is 41.1 Å². The highest BCUT2D eigenvalue weighted by Crippen LogP contribution is 2.44. The van der Waals surface area contributed by atoms with Gasteiger partial charge in [-0.2, -0.15) is 0 Å². The summed E-state index contributed by atoms with van der Waals surface area (Å²) in [4.78, 5) is 9.00. The fraction of sp³-hybridized carbons (Fsp3) is 0.267. The average molecular weight is 302 g/mol. The van der Waals surface area contributed by atoms with Crippen molar-refractivity contribution < 1.29 is 5.11 Å². The van der Waals surface area contributed by atoms with Gasteiger partial charge in [0.15, 0.2) is 5.17 Å². The van der Waals surface area contributed by atoms with Gasteiger partial charge in [0.1, 0.15) is 0 Å². The number of aryl methyl sites for hydroxylation is 1. The first-order valence-electron chi connectivity index (χ1n) is 6.61. The molecule has 1 aromatic heterocycles. The topological polar surface area (TPSA) is 35.8 Å². The summed E-state index contributed by atoms with van der Waals surface area (Å²) >= 11 is 3.42. The number of benzene rings is 1. The van der Waals surface area contributed by atoms with Gasteiger partial charge in [0, 0.05) is 16.1 Å². The second-order valence-corrected chi connectivity index (χ2v) is 7.07. The molecule has 0 bridgehead atoms. The van der Waals surface area contributed by atoms with Crippen LogP contribution >= 0.6 is 23.1 Å². The second kappa shape index (κ2) is 4.62. The molecule has 0 fully saturated rings. The zero-order valence-corrected chi connectivity index (χ0v) is 12.7. The van der Waals surface area contributed by atoms with Crippen LogP contribution in [0.25, 0.3) is 15.8 Å². The molecule has 0 saturated heterocycles. The Balaban J connectivity index is 1.89. The average Bonchev–Trinajstić information content (AvgIpc) is 3.10. The van der Waals surface area contributed by atoms with E-state index in [1.807, 2.05) is 11.3 Å². The third-order valence-electron chi connectivity index (χ3n) is 3.67. The Labute approximate surface area is 125 Å². The minimum Gasteiger partial charge on any atom is -0.391 e. The Kier molecular flexibility index (Phi) is 2.87. The Hall–Kier alpha value is -1.30. The normalized spacial score (nSPS) is 18.1. The lowest BCUT2D eigenvalue weighted by Crippen LogP contribution is -2.19. The van der Waals surface area contributed by atoms with Crippen molar-refractivity contribution in [3.8, 4) is 0 Å². The molecule has 3 nitrogen and oxygen atoms in total. The van der Waals surface area contributed by atoms with Crippen molar-refractivity contribution in [1.29, 1.82) is 0 Å². The van der Waals surface area contributed by atoms with E-state index in [4.69, 9.17) is 0 Å². The van der Waals surface area contributed by atoms with Crippen LogP contribution in [0.1, 0.15) is 10.4 Å². The van der Waals surface area contributed by atoms with Gasteiger partial charge in [-0.05, 0) is 23.9 Å². The van der Waals surface area contributed by atoms with Crippen LogP contribution in [-0.4, -0.2) is 34.9 Å². The summed E-state index contributed by atoms with van der Waals surface area (Å²) in [6.07, 6.45) is 0. The van der Waals surface area contributed by atoms with Crippen molar-refractivity contribution in [1.82, 2.24) is 4.90 Å². The number of thiophene rings is 1. The molecule has 0 saturated carbocycles. The molecule has 102 valence electrons. The first kappa shape index (κ1) is 12.4. The smallest absolute Gasteiger partial charge is 0.168 e. The van der Waals surface area contributed by atoms with Gasteiger partial charge < -0.3 is 10.0 Å². The highest BCUT2D eigenvalue weighted by atomic mass is 32.2. The van der Waals surface area contributed by atoms with E-state index in [0.717, 1.165) is 28.9 Å². The molecule has 3 heterocycles. The summed E-state index contributed by atoms with van der Waals surface area (Å²) in [5, 5.41) is 11.9. The van der Waals surface area contributed by atoms with Crippen LogP contribution < -0.4 is 0 Å². The maximum Gasteiger partial charge on any atom is 0.168 e. The summed E-state index contributed by atoms with van der Waals surface area (Å²) in [6, 6.07) is 8.64. The highest BCUT2D eigenvalue weighted by Gasteiger charge is 2.33. The fourth-order valence-corrected chi connectivity index (χ4v) is 5.06. The molecule has 5 heteroatoms. The molecule has 1 N–H and O–H groups in total. The molecule has 4 rings (SSSR count). The maximum absolute atomic E-state index is 9.63. The van der Waals surface area contributed by atoms with Crippen LogP contribution in [0.2, 0.25) is 0 Å². The molecule has 0 aliphatic carbocycles. The third kappa shape index (κ3) is 1.74. The number of amidine groups is 1. The number of thioether (sulfide) groups is 1. The van der Waals surface area contributed by atoms with E-state index >= 15 is 0 Å². The van der Waals surface area contributed by atoms with Gasteiger partial charge in [0.05, 0.1) is 23.7 Å². The summed E-state index contributed by atoms with van der Waals surface area (Å²) in [7, 11) is 0. The van der Waals surface area contributed by atoms with Crippen molar-refractivity contribution in [3.05, 3.63) is 39.6 Å². The lowest BCUT2D eigenvalue weighted by atomic mass is 10.2. The molecule has 2 aliphatic rings. The number of aliphatic hydroxyl groups is 1. The summed E-state index contributed by atoms with van der Waals surface area (Å²) in [5.41, 5.74) is 2.47. The van der Waals surface area contributed by atoms with E-state index in [1.54, 1.807) is 11.8 Å². The van der Waals surface area contributed by atoms with Gasteiger partial charge in [-0.3, -0.25) is 4.99 Å². The molecular weight excluding hydrogens is 288 g/mol. The zero-order chi connectivity index (χ0) is 13.7. The molecular formula is C15H14N2OS2. The Morgan fingerprint density at radius 2 is 2.30 bits per heavy atom. The second-order valence-electron chi connectivity index (χ2n) is 4.95. The first-order chi connectivity index (χ1) is 9.78. The molecule has 2 aliphatic heterocycles. The first-order valence-corrected chi connectivity index (χ1v) is 8.24. The quantitative estimate of drug-likeness (QED) is 0.924. The monoisotopic (exact) mass is 302 g/mol. The minimum atomic E-state index is 0.0861. The van der Waals surface area contributed by atoms with Gasteiger partial charge in [0.25, 0.3) is 0 Å². The van der Waals surface area contributed by atoms with Crippen LogP contribution in [0, 0.1) is 6.92 Å². The van der Waals surface area contributed by atoms with E-state index in [1.165, 1.54) is 20.5 Å². The summed E-state index contributed by atoms with van der Waals surface area (Å²) in [5.74, 6) is 0. The van der Waals surface area contributed by atoms with Crippen molar-refractivity contribution in [2.75, 3.05) is 19.7 Å². The van der Waals surface area contributed by atoms with E-state index < -0.39 is 0 Å². The van der Waals surface area contributed by atoms with E-state index in [0.29, 0.717) is 0 Å². The molecule has 0 atom stereocenters. The van der Waals surface area contributed by atoms with Crippen molar-refractivity contribution in [3.63, 3.8) is 0 Å². The molecule has 0 spiro atoms. The molecule has 20 heavy (non-hydrogen) atoms. The number of aliphatic hydroxyl groups excluding tert-OH is 1. The number of aliphatic imine (C=N–C) groups is 1. The predicted molar refractivity (Wildman–Crippen MR) is 87.2 cm³/mol. The van der Waals surface area contributed by atoms with Crippen LogP contribution in [-0.2, 0) is 0 Å². The summed E-state index contributed by atoms with van der Waals surface area (Å²) < 4.78 is 1.34. The number of nitrogens with zero attached hydrogens (tertiary/aromatic N) is 2. The molecule has 2 aromatic rings. The fourth-order valence-electron chi connectivity index (χ4n) is 2.73. The maximum atomic E-state index is 9.63. The zero-order valence-electron chi connectivity index (χ0n) is 11.1. The van der Waals surface area contributed by atoms with E-state index in [9.17, 15) is 5.11 Å². The standard InChI is InChI=1S/C15H14N2OS2/c1-9-3-2-4-10-7-11(19-14(9)10)13-12(8-18)20-15-16-5-6-17(13)15/h2-4,7,18H,5-6,8H2,1H3. The number of hydrogen-bond donors (Lipinski definition) is 1.